The van der Waals surface area contributed by atoms with Crippen molar-refractivity contribution < 1.29 is 0 Å². The van der Waals surface area contributed by atoms with Crippen LogP contribution in [0.4, 0.5) is 0 Å². The van der Waals surface area contributed by atoms with Gasteiger partial charge < -0.3 is 5.32 Å². The van der Waals surface area contributed by atoms with E-state index in [-0.39, 0.29) is 0 Å². The van der Waals surface area contributed by atoms with Crippen molar-refractivity contribution in [3.63, 3.8) is 0 Å². The smallest absolute Gasteiger partial charge is 0.0492 e. The average Bonchev–Trinajstić information content (AvgIpc) is 3.04. The van der Waals surface area contributed by atoms with Gasteiger partial charge >= 0.3 is 0 Å². The third-order valence-electron chi connectivity index (χ3n) is 4.45. The lowest BCUT2D eigenvalue weighted by Gasteiger charge is -2.22. The van der Waals surface area contributed by atoms with E-state index in [2.05, 4.69) is 23.4 Å². The third kappa shape index (κ3) is 4.64. The molecule has 1 aliphatic rings. The summed E-state index contributed by atoms with van der Waals surface area (Å²) in [7, 11) is 2.04. The van der Waals surface area contributed by atoms with Crippen LogP contribution in [0.25, 0.3) is 0 Å². The maximum Gasteiger partial charge on any atom is 0.0492 e. The van der Waals surface area contributed by atoms with Gasteiger partial charge in [-0.15, -0.1) is 0 Å². The van der Waals surface area contributed by atoms with Crippen LogP contribution in [0, 0.1) is 5.92 Å². The molecule has 2 rings (SSSR count). The third-order valence-corrected chi connectivity index (χ3v) is 4.45. The van der Waals surface area contributed by atoms with Gasteiger partial charge in [0.2, 0.25) is 0 Å². The molecule has 1 aromatic rings. The first-order chi connectivity index (χ1) is 9.29. The van der Waals surface area contributed by atoms with Crippen LogP contribution >= 0.6 is 0 Å². The highest BCUT2D eigenvalue weighted by molar-refractivity contribution is 5.00. The normalized spacial score (nSPS) is 18.0. The summed E-state index contributed by atoms with van der Waals surface area (Å²) in [6.07, 6.45) is 12.7. The molecule has 19 heavy (non-hydrogen) atoms. The van der Waals surface area contributed by atoms with Crippen LogP contribution in [-0.2, 0) is 13.5 Å². The van der Waals surface area contributed by atoms with Crippen molar-refractivity contribution in [1.82, 2.24) is 15.1 Å². The molecule has 0 spiro atoms. The van der Waals surface area contributed by atoms with E-state index in [4.69, 9.17) is 0 Å². The highest BCUT2D eigenvalue weighted by atomic mass is 15.2. The molecule has 1 saturated carbocycles. The number of hydrogen-bond acceptors (Lipinski definition) is 2. The molecule has 1 heterocycles. The zero-order valence-corrected chi connectivity index (χ0v) is 12.6. The van der Waals surface area contributed by atoms with Gasteiger partial charge in [0.05, 0.1) is 0 Å². The summed E-state index contributed by atoms with van der Waals surface area (Å²) >= 11 is 0. The van der Waals surface area contributed by atoms with Crippen molar-refractivity contribution in [2.24, 2.45) is 13.0 Å². The van der Waals surface area contributed by atoms with Crippen LogP contribution in [0.5, 0.6) is 0 Å². The molecule has 1 fully saturated rings. The van der Waals surface area contributed by atoms with E-state index < -0.39 is 0 Å². The Labute approximate surface area is 117 Å². The summed E-state index contributed by atoms with van der Waals surface area (Å²) in [4.78, 5) is 0. The van der Waals surface area contributed by atoms with Gasteiger partial charge in [-0.1, -0.05) is 32.6 Å². The zero-order valence-electron chi connectivity index (χ0n) is 12.6. The van der Waals surface area contributed by atoms with Crippen LogP contribution in [0.15, 0.2) is 12.3 Å². The minimum Gasteiger partial charge on any atom is -0.314 e. The molecule has 1 aromatic heterocycles. The fourth-order valence-electron chi connectivity index (χ4n) is 3.27. The summed E-state index contributed by atoms with van der Waals surface area (Å²) in [5.74, 6) is 0.973. The van der Waals surface area contributed by atoms with Crippen molar-refractivity contribution in [2.45, 2.75) is 64.3 Å². The molecule has 3 heteroatoms. The number of nitrogens with zero attached hydrogens (tertiary/aromatic N) is 2. The van der Waals surface area contributed by atoms with E-state index in [9.17, 15) is 0 Å². The fraction of sp³-hybridized carbons (Fsp3) is 0.812. The number of aromatic nitrogens is 2. The summed E-state index contributed by atoms with van der Waals surface area (Å²) in [5.41, 5.74) is 1.36. The largest absolute Gasteiger partial charge is 0.314 e. The van der Waals surface area contributed by atoms with E-state index >= 15 is 0 Å². The molecule has 108 valence electrons. The van der Waals surface area contributed by atoms with E-state index in [1.54, 1.807) is 0 Å². The fourth-order valence-corrected chi connectivity index (χ4v) is 3.27. The van der Waals surface area contributed by atoms with Crippen LogP contribution in [0.2, 0.25) is 0 Å². The maximum absolute atomic E-state index is 4.26. The summed E-state index contributed by atoms with van der Waals surface area (Å²) in [5, 5.41) is 8.00. The quantitative estimate of drug-likeness (QED) is 0.780. The van der Waals surface area contributed by atoms with Crippen molar-refractivity contribution in [3.8, 4) is 0 Å². The average molecular weight is 263 g/mol. The molecule has 0 radical (unpaired) electrons. The van der Waals surface area contributed by atoms with Crippen LogP contribution in [0.1, 0.15) is 57.6 Å². The van der Waals surface area contributed by atoms with Gasteiger partial charge in [0.1, 0.15) is 0 Å². The lowest BCUT2D eigenvalue weighted by molar-refractivity contribution is 0.369. The van der Waals surface area contributed by atoms with Crippen molar-refractivity contribution in [1.29, 1.82) is 0 Å². The molecule has 0 bridgehead atoms. The SMILES string of the molecule is CCCNC(CCc1ccnn1C)CC1CCCC1. The van der Waals surface area contributed by atoms with Gasteiger partial charge in [-0.05, 0) is 44.2 Å². The van der Waals surface area contributed by atoms with E-state index in [1.165, 1.54) is 50.6 Å². The van der Waals surface area contributed by atoms with Gasteiger partial charge in [0.25, 0.3) is 0 Å². The monoisotopic (exact) mass is 263 g/mol. The second-order valence-corrected chi connectivity index (χ2v) is 6.02. The van der Waals surface area contributed by atoms with Crippen molar-refractivity contribution >= 4 is 0 Å². The molecule has 1 N–H and O–H groups in total. The highest BCUT2D eigenvalue weighted by Gasteiger charge is 2.19. The topological polar surface area (TPSA) is 29.9 Å². The predicted molar refractivity (Wildman–Crippen MR) is 80.2 cm³/mol. The lowest BCUT2D eigenvalue weighted by Crippen LogP contribution is -2.32. The van der Waals surface area contributed by atoms with Crippen LogP contribution in [0.3, 0.4) is 0 Å². The number of hydrogen-bond donors (Lipinski definition) is 1. The maximum atomic E-state index is 4.26. The van der Waals surface area contributed by atoms with Gasteiger partial charge in [-0.3, -0.25) is 4.68 Å². The Bertz CT molecular complexity index is 353. The first-order valence-electron chi connectivity index (χ1n) is 8.00. The predicted octanol–water partition coefficient (Wildman–Crippen LogP) is 3.30. The van der Waals surface area contributed by atoms with Crippen molar-refractivity contribution in [2.75, 3.05) is 6.54 Å². The van der Waals surface area contributed by atoms with E-state index in [0.29, 0.717) is 6.04 Å². The Morgan fingerprint density at radius 1 is 1.42 bits per heavy atom. The van der Waals surface area contributed by atoms with Crippen molar-refractivity contribution in [3.05, 3.63) is 18.0 Å². The minimum atomic E-state index is 0.693. The van der Waals surface area contributed by atoms with Gasteiger partial charge in [0, 0.05) is 25.0 Å². The molecular formula is C16H29N3. The Morgan fingerprint density at radius 2 is 2.21 bits per heavy atom. The van der Waals surface area contributed by atoms with Crippen LogP contribution < -0.4 is 5.32 Å². The molecule has 1 unspecified atom stereocenters. The highest BCUT2D eigenvalue weighted by Crippen LogP contribution is 2.29. The van der Waals surface area contributed by atoms with Gasteiger partial charge in [-0.2, -0.15) is 5.10 Å². The van der Waals surface area contributed by atoms with E-state index in [1.807, 2.05) is 17.9 Å². The molecule has 0 aliphatic heterocycles. The Hall–Kier alpha value is -0.830. The number of nitrogens with one attached hydrogen (secondary N) is 1. The zero-order chi connectivity index (χ0) is 13.5. The molecule has 1 aliphatic carbocycles. The minimum absolute atomic E-state index is 0.693. The first kappa shape index (κ1) is 14.6. The summed E-state index contributed by atoms with van der Waals surface area (Å²) in [6.45, 7) is 3.41. The lowest BCUT2D eigenvalue weighted by atomic mass is 9.95. The Kier molecular flexibility index (Phi) is 5.90. The van der Waals surface area contributed by atoms with Crippen LogP contribution in [-0.4, -0.2) is 22.4 Å². The summed E-state index contributed by atoms with van der Waals surface area (Å²) in [6, 6.07) is 2.84. The standard InChI is InChI=1S/C16H29N3/c1-3-11-17-15(13-14-6-4-5-7-14)8-9-16-10-12-18-19(16)2/h10,12,14-15,17H,3-9,11,13H2,1-2H3. The summed E-state index contributed by atoms with van der Waals surface area (Å²) < 4.78 is 2.01. The number of aryl methyl sites for hydroxylation is 2. The molecule has 0 saturated heterocycles. The van der Waals surface area contributed by atoms with E-state index in [0.717, 1.165) is 18.9 Å². The second-order valence-electron chi connectivity index (χ2n) is 6.02. The molecule has 1 atom stereocenters. The van der Waals surface area contributed by atoms with Gasteiger partial charge in [0.15, 0.2) is 0 Å². The second kappa shape index (κ2) is 7.68. The first-order valence-corrected chi connectivity index (χ1v) is 8.00. The molecule has 0 aromatic carbocycles. The molecule has 3 nitrogen and oxygen atoms in total. The number of rotatable bonds is 8. The van der Waals surface area contributed by atoms with Gasteiger partial charge in [-0.25, -0.2) is 0 Å². The Balaban J connectivity index is 1.80. The molecule has 0 amide bonds. The molecular weight excluding hydrogens is 234 g/mol. The Morgan fingerprint density at radius 3 is 2.84 bits per heavy atom.